The van der Waals surface area contributed by atoms with Crippen LogP contribution in [-0.2, 0) is 6.42 Å². The van der Waals surface area contributed by atoms with Gasteiger partial charge < -0.3 is 15.4 Å². The molecule has 0 atom stereocenters. The van der Waals surface area contributed by atoms with Gasteiger partial charge in [0.2, 0.25) is 0 Å². The van der Waals surface area contributed by atoms with E-state index in [4.69, 9.17) is 10.5 Å². The van der Waals surface area contributed by atoms with Crippen molar-refractivity contribution in [1.29, 1.82) is 0 Å². The van der Waals surface area contributed by atoms with Crippen LogP contribution in [0.1, 0.15) is 34.8 Å². The van der Waals surface area contributed by atoms with Gasteiger partial charge in [0.05, 0.1) is 6.61 Å². The topological polar surface area (TPSA) is 55.6 Å². The number of aryl methyl sites for hydroxylation is 1. The molecule has 0 aromatic heterocycles. The van der Waals surface area contributed by atoms with E-state index in [0.717, 1.165) is 41.1 Å². The predicted molar refractivity (Wildman–Crippen MR) is 100 cm³/mol. The first-order valence-corrected chi connectivity index (χ1v) is 8.04. The number of carbonyl (C=O) groups is 1. The molecule has 4 nitrogen and oxygen atoms in total. The quantitative estimate of drug-likeness (QED) is 0.855. The predicted octanol–water partition coefficient (Wildman–Crippen LogP) is 3.99. The van der Waals surface area contributed by atoms with Gasteiger partial charge in [0.15, 0.2) is 0 Å². The van der Waals surface area contributed by atoms with Gasteiger partial charge >= 0.3 is 0 Å². The van der Waals surface area contributed by atoms with E-state index in [1.807, 2.05) is 55.1 Å². The Morgan fingerprint density at radius 1 is 1.29 bits per heavy atom. The van der Waals surface area contributed by atoms with Crippen LogP contribution >= 0.6 is 12.4 Å². The largest absolute Gasteiger partial charge is 0.494 e. The van der Waals surface area contributed by atoms with Crippen molar-refractivity contribution in [2.45, 2.75) is 26.7 Å². The second-order valence-corrected chi connectivity index (χ2v) is 5.82. The molecule has 24 heavy (non-hydrogen) atoms. The second kappa shape index (κ2) is 7.58. The summed E-state index contributed by atoms with van der Waals surface area (Å²) < 4.78 is 5.61. The SMILES string of the molecule is CCOc1cc(C(=O)N2CCCc3c(N)cccc32)ccc1C.Cl. The number of hydrogen-bond donors (Lipinski definition) is 1. The second-order valence-electron chi connectivity index (χ2n) is 5.82. The summed E-state index contributed by atoms with van der Waals surface area (Å²) >= 11 is 0. The highest BCUT2D eigenvalue weighted by Gasteiger charge is 2.25. The molecule has 0 spiro atoms. The average molecular weight is 347 g/mol. The van der Waals surface area contributed by atoms with E-state index in [0.29, 0.717) is 18.7 Å². The molecule has 0 unspecified atom stereocenters. The number of anilines is 2. The molecule has 0 fully saturated rings. The van der Waals surface area contributed by atoms with Crippen molar-refractivity contribution in [1.82, 2.24) is 0 Å². The van der Waals surface area contributed by atoms with Crippen LogP contribution in [0.25, 0.3) is 0 Å². The molecule has 1 amide bonds. The van der Waals surface area contributed by atoms with Gasteiger partial charge in [-0.15, -0.1) is 12.4 Å². The highest BCUT2D eigenvalue weighted by atomic mass is 35.5. The lowest BCUT2D eigenvalue weighted by Crippen LogP contribution is -2.35. The number of halogens is 1. The summed E-state index contributed by atoms with van der Waals surface area (Å²) in [6.07, 6.45) is 1.85. The zero-order valence-electron chi connectivity index (χ0n) is 14.0. The van der Waals surface area contributed by atoms with Crippen molar-refractivity contribution in [2.24, 2.45) is 0 Å². The smallest absolute Gasteiger partial charge is 0.258 e. The summed E-state index contributed by atoms with van der Waals surface area (Å²) in [6, 6.07) is 11.4. The van der Waals surface area contributed by atoms with E-state index in [1.54, 1.807) is 0 Å². The van der Waals surface area contributed by atoms with Gasteiger partial charge in [-0.05, 0) is 62.1 Å². The van der Waals surface area contributed by atoms with Crippen molar-refractivity contribution < 1.29 is 9.53 Å². The molecule has 3 rings (SSSR count). The number of carbonyl (C=O) groups excluding carboxylic acids is 1. The monoisotopic (exact) mass is 346 g/mol. The van der Waals surface area contributed by atoms with E-state index >= 15 is 0 Å². The standard InChI is InChI=1S/C19H22N2O2.ClH/c1-3-23-18-12-14(10-9-13(18)2)19(22)21-11-5-6-15-16(20)7-4-8-17(15)21;/h4,7-10,12H,3,5-6,11,20H2,1-2H3;1H. The molecule has 0 saturated heterocycles. The zero-order valence-corrected chi connectivity index (χ0v) is 14.9. The maximum absolute atomic E-state index is 13.0. The molecule has 0 saturated carbocycles. The third kappa shape index (κ3) is 3.34. The lowest BCUT2D eigenvalue weighted by molar-refractivity contribution is 0.0984. The molecule has 1 aliphatic heterocycles. The van der Waals surface area contributed by atoms with E-state index in [9.17, 15) is 4.79 Å². The summed E-state index contributed by atoms with van der Waals surface area (Å²) in [7, 11) is 0. The van der Waals surface area contributed by atoms with E-state index in [2.05, 4.69) is 0 Å². The number of nitrogens with two attached hydrogens (primary N) is 1. The molecular formula is C19H23ClN2O2. The van der Waals surface area contributed by atoms with Gasteiger partial charge in [-0.3, -0.25) is 4.79 Å². The molecule has 5 heteroatoms. The molecule has 2 aromatic carbocycles. The number of amides is 1. The van der Waals surface area contributed by atoms with Gasteiger partial charge in [-0.2, -0.15) is 0 Å². The van der Waals surface area contributed by atoms with Crippen LogP contribution in [0.3, 0.4) is 0 Å². The van der Waals surface area contributed by atoms with Crippen LogP contribution in [0.2, 0.25) is 0 Å². The fourth-order valence-electron chi connectivity index (χ4n) is 3.06. The van der Waals surface area contributed by atoms with Crippen LogP contribution < -0.4 is 15.4 Å². The summed E-state index contributed by atoms with van der Waals surface area (Å²) in [5.74, 6) is 0.765. The van der Waals surface area contributed by atoms with Crippen molar-refractivity contribution in [3.63, 3.8) is 0 Å². The molecule has 0 aliphatic carbocycles. The minimum absolute atomic E-state index is 0. The number of fused-ring (bicyclic) bond motifs is 1. The minimum atomic E-state index is -0.00231. The Morgan fingerprint density at radius 3 is 2.83 bits per heavy atom. The number of rotatable bonds is 3. The highest BCUT2D eigenvalue weighted by molar-refractivity contribution is 6.07. The van der Waals surface area contributed by atoms with Gasteiger partial charge in [0, 0.05) is 23.5 Å². The third-order valence-corrected chi connectivity index (χ3v) is 4.27. The first kappa shape index (κ1) is 18.1. The molecule has 2 N–H and O–H groups in total. The van der Waals surface area contributed by atoms with Crippen molar-refractivity contribution in [2.75, 3.05) is 23.8 Å². The zero-order chi connectivity index (χ0) is 16.4. The highest BCUT2D eigenvalue weighted by Crippen LogP contribution is 2.32. The third-order valence-electron chi connectivity index (χ3n) is 4.27. The lowest BCUT2D eigenvalue weighted by atomic mass is 9.99. The van der Waals surface area contributed by atoms with Gasteiger partial charge in [-0.1, -0.05) is 12.1 Å². The normalized spacial score (nSPS) is 13.0. The molecule has 0 radical (unpaired) electrons. The molecule has 128 valence electrons. The van der Waals surface area contributed by atoms with Crippen molar-refractivity contribution >= 4 is 29.7 Å². The lowest BCUT2D eigenvalue weighted by Gasteiger charge is -2.30. The summed E-state index contributed by atoms with van der Waals surface area (Å²) in [4.78, 5) is 14.8. The van der Waals surface area contributed by atoms with E-state index in [-0.39, 0.29) is 18.3 Å². The maximum Gasteiger partial charge on any atom is 0.258 e. The Kier molecular flexibility index (Phi) is 5.73. The Morgan fingerprint density at radius 2 is 2.08 bits per heavy atom. The van der Waals surface area contributed by atoms with Gasteiger partial charge in [-0.25, -0.2) is 0 Å². The Balaban J connectivity index is 0.00000208. The Hall–Kier alpha value is -2.20. The van der Waals surface area contributed by atoms with Crippen LogP contribution in [0.5, 0.6) is 5.75 Å². The fourth-order valence-corrected chi connectivity index (χ4v) is 3.06. The first-order valence-electron chi connectivity index (χ1n) is 8.04. The molecule has 1 heterocycles. The maximum atomic E-state index is 13.0. The average Bonchev–Trinajstić information content (AvgIpc) is 2.56. The number of benzene rings is 2. The Bertz CT molecular complexity index is 746. The molecule has 1 aliphatic rings. The molecule has 0 bridgehead atoms. The van der Waals surface area contributed by atoms with E-state index < -0.39 is 0 Å². The van der Waals surface area contributed by atoms with Crippen LogP contribution in [0.4, 0.5) is 11.4 Å². The molecular weight excluding hydrogens is 324 g/mol. The van der Waals surface area contributed by atoms with Crippen molar-refractivity contribution in [3.05, 3.63) is 53.1 Å². The fraction of sp³-hybridized carbons (Fsp3) is 0.316. The number of nitrogen functional groups attached to an aromatic ring is 1. The van der Waals surface area contributed by atoms with Crippen LogP contribution in [0, 0.1) is 6.92 Å². The van der Waals surface area contributed by atoms with Gasteiger partial charge in [0.1, 0.15) is 5.75 Å². The Labute approximate surface area is 149 Å². The van der Waals surface area contributed by atoms with Crippen LogP contribution in [-0.4, -0.2) is 19.1 Å². The van der Waals surface area contributed by atoms with Gasteiger partial charge in [0.25, 0.3) is 5.91 Å². The van der Waals surface area contributed by atoms with E-state index in [1.165, 1.54) is 0 Å². The summed E-state index contributed by atoms with van der Waals surface area (Å²) in [6.45, 7) is 5.22. The van der Waals surface area contributed by atoms with Crippen molar-refractivity contribution in [3.8, 4) is 5.75 Å². The first-order chi connectivity index (χ1) is 11.1. The number of nitrogens with zero attached hydrogens (tertiary/aromatic N) is 1. The van der Waals surface area contributed by atoms with Crippen LogP contribution in [0.15, 0.2) is 36.4 Å². The molecule has 2 aromatic rings. The number of ether oxygens (including phenoxy) is 1. The summed E-state index contributed by atoms with van der Waals surface area (Å²) in [5, 5.41) is 0. The summed E-state index contributed by atoms with van der Waals surface area (Å²) in [5.41, 5.74) is 10.5. The number of hydrogen-bond acceptors (Lipinski definition) is 3. The minimum Gasteiger partial charge on any atom is -0.494 e.